The zero-order chi connectivity index (χ0) is 19.3. The summed E-state index contributed by atoms with van der Waals surface area (Å²) in [6.07, 6.45) is 1.84. The van der Waals surface area contributed by atoms with Gasteiger partial charge in [0.1, 0.15) is 0 Å². The second kappa shape index (κ2) is 9.21. The van der Waals surface area contributed by atoms with Crippen LogP contribution in [0.4, 0.5) is 4.79 Å². The molecule has 148 valence electrons. The van der Waals surface area contributed by atoms with Crippen molar-refractivity contribution >= 4 is 17.9 Å². The van der Waals surface area contributed by atoms with E-state index >= 15 is 0 Å². The van der Waals surface area contributed by atoms with Crippen LogP contribution in [0.5, 0.6) is 0 Å². The Balaban J connectivity index is 1.98. The third-order valence-corrected chi connectivity index (χ3v) is 5.12. The molecule has 2 heterocycles. The van der Waals surface area contributed by atoms with Gasteiger partial charge in [0.15, 0.2) is 0 Å². The van der Waals surface area contributed by atoms with Crippen LogP contribution in [0.25, 0.3) is 0 Å². The van der Waals surface area contributed by atoms with Crippen LogP contribution >= 0.6 is 0 Å². The highest BCUT2D eigenvalue weighted by molar-refractivity contribution is 5.82. The molecule has 0 aromatic heterocycles. The fraction of sp³-hybridized carbons (Fsp3) is 0.833. The van der Waals surface area contributed by atoms with Gasteiger partial charge in [0.25, 0.3) is 0 Å². The molecule has 0 aliphatic carbocycles. The van der Waals surface area contributed by atoms with E-state index < -0.39 is 5.97 Å². The second-order valence-corrected chi connectivity index (χ2v) is 7.70. The Morgan fingerprint density at radius 3 is 2.62 bits per heavy atom. The lowest BCUT2D eigenvalue weighted by molar-refractivity contribution is -0.142. The summed E-state index contributed by atoms with van der Waals surface area (Å²) in [5.41, 5.74) is 0. The molecule has 2 aliphatic heterocycles. The van der Waals surface area contributed by atoms with Crippen LogP contribution in [0, 0.1) is 11.8 Å². The Kier molecular flexibility index (Phi) is 7.25. The molecule has 3 amide bonds. The molecule has 2 N–H and O–H groups in total. The topological polar surface area (TPSA) is 99.2 Å². The van der Waals surface area contributed by atoms with Crippen LogP contribution in [0.15, 0.2) is 0 Å². The summed E-state index contributed by atoms with van der Waals surface area (Å²) < 4.78 is 5.34. The van der Waals surface area contributed by atoms with Gasteiger partial charge < -0.3 is 25.0 Å². The Morgan fingerprint density at radius 1 is 1.27 bits per heavy atom. The number of methoxy groups -OCH3 is 1. The number of nitrogens with zero attached hydrogens (tertiary/aromatic N) is 2. The Bertz CT molecular complexity index is 525. The van der Waals surface area contributed by atoms with Crippen molar-refractivity contribution in [3.63, 3.8) is 0 Å². The smallest absolute Gasteiger partial charge is 0.317 e. The Hall–Kier alpha value is -1.83. The van der Waals surface area contributed by atoms with Crippen LogP contribution in [-0.4, -0.2) is 78.2 Å². The summed E-state index contributed by atoms with van der Waals surface area (Å²) in [5, 5.41) is 12.0. The summed E-state index contributed by atoms with van der Waals surface area (Å²) in [6, 6.07) is -0.468. The van der Waals surface area contributed by atoms with Crippen LogP contribution in [0.3, 0.4) is 0 Å². The minimum atomic E-state index is -0.914. The van der Waals surface area contributed by atoms with Crippen molar-refractivity contribution in [1.29, 1.82) is 0 Å². The van der Waals surface area contributed by atoms with Gasteiger partial charge in [-0.3, -0.25) is 9.59 Å². The predicted molar refractivity (Wildman–Crippen MR) is 95.7 cm³/mol. The molecular weight excluding hydrogens is 338 g/mol. The molecule has 0 aromatic rings. The number of nitrogens with one attached hydrogen (secondary N) is 1. The van der Waals surface area contributed by atoms with Gasteiger partial charge in [-0.15, -0.1) is 0 Å². The number of piperidine rings is 1. The lowest BCUT2D eigenvalue weighted by Gasteiger charge is -2.35. The highest BCUT2D eigenvalue weighted by atomic mass is 16.5. The number of urea groups is 1. The first-order chi connectivity index (χ1) is 12.3. The molecule has 26 heavy (non-hydrogen) atoms. The number of rotatable bonds is 6. The monoisotopic (exact) mass is 369 g/mol. The van der Waals surface area contributed by atoms with E-state index in [1.54, 1.807) is 16.9 Å². The van der Waals surface area contributed by atoms with Crippen molar-refractivity contribution in [1.82, 2.24) is 15.1 Å². The minimum absolute atomic E-state index is 0.0582. The zero-order valence-corrected chi connectivity index (χ0v) is 15.9. The van der Waals surface area contributed by atoms with E-state index in [-0.39, 0.29) is 36.4 Å². The highest BCUT2D eigenvalue weighted by Gasteiger charge is 2.40. The molecule has 0 aromatic carbocycles. The lowest BCUT2D eigenvalue weighted by Crippen LogP contribution is -2.51. The van der Waals surface area contributed by atoms with Gasteiger partial charge in [-0.25, -0.2) is 4.79 Å². The summed E-state index contributed by atoms with van der Waals surface area (Å²) in [5.74, 6) is -0.881. The van der Waals surface area contributed by atoms with Crippen molar-refractivity contribution in [2.24, 2.45) is 11.8 Å². The van der Waals surface area contributed by atoms with E-state index in [4.69, 9.17) is 9.84 Å². The maximum Gasteiger partial charge on any atom is 0.317 e. The zero-order valence-electron chi connectivity index (χ0n) is 15.9. The maximum absolute atomic E-state index is 13.0. The van der Waals surface area contributed by atoms with Crippen LogP contribution in [0.1, 0.15) is 39.5 Å². The SMILES string of the molecule is COC1CC(CC(=O)O)N(C(=O)C2CCCN(C(=O)NCC(C)C)C2)C1. The number of aliphatic carboxylic acids is 1. The van der Waals surface area contributed by atoms with Crippen molar-refractivity contribution in [3.05, 3.63) is 0 Å². The van der Waals surface area contributed by atoms with E-state index in [1.165, 1.54) is 0 Å². The first-order valence-corrected chi connectivity index (χ1v) is 9.39. The average Bonchev–Trinajstić information content (AvgIpc) is 3.01. The third-order valence-electron chi connectivity index (χ3n) is 5.12. The second-order valence-electron chi connectivity index (χ2n) is 7.70. The van der Waals surface area contributed by atoms with E-state index in [1.807, 2.05) is 13.8 Å². The van der Waals surface area contributed by atoms with Gasteiger partial charge >= 0.3 is 12.0 Å². The number of hydrogen-bond acceptors (Lipinski definition) is 4. The molecule has 2 rings (SSSR count). The third kappa shape index (κ3) is 5.33. The molecule has 3 unspecified atom stereocenters. The molecule has 0 radical (unpaired) electrons. The van der Waals surface area contributed by atoms with Crippen molar-refractivity contribution in [2.75, 3.05) is 33.3 Å². The van der Waals surface area contributed by atoms with E-state index in [9.17, 15) is 14.4 Å². The number of ether oxygens (including phenoxy) is 1. The number of carbonyl (C=O) groups excluding carboxylic acids is 2. The van der Waals surface area contributed by atoms with Crippen molar-refractivity contribution in [2.45, 2.75) is 51.7 Å². The highest BCUT2D eigenvalue weighted by Crippen LogP contribution is 2.27. The summed E-state index contributed by atoms with van der Waals surface area (Å²) in [6.45, 7) is 6.12. The fourth-order valence-corrected chi connectivity index (χ4v) is 3.71. The number of hydrogen-bond donors (Lipinski definition) is 2. The van der Waals surface area contributed by atoms with E-state index in [0.717, 1.165) is 12.8 Å². The fourth-order valence-electron chi connectivity index (χ4n) is 3.71. The van der Waals surface area contributed by atoms with Gasteiger partial charge in [0.2, 0.25) is 5.91 Å². The Labute approximate surface area is 154 Å². The quantitative estimate of drug-likeness (QED) is 0.732. The maximum atomic E-state index is 13.0. The molecular formula is C18H31N3O5. The molecule has 0 saturated carbocycles. The summed E-state index contributed by atoms with van der Waals surface area (Å²) in [7, 11) is 1.58. The average molecular weight is 369 g/mol. The first kappa shape index (κ1) is 20.5. The molecule has 2 fully saturated rings. The number of likely N-dealkylation sites (tertiary alicyclic amines) is 2. The standard InChI is InChI=1S/C18H31N3O5/c1-12(2)9-19-18(25)20-6-4-5-13(10-20)17(24)21-11-15(26-3)7-14(21)8-16(22)23/h12-15H,4-11H2,1-3H3,(H,19,25)(H,22,23). The summed E-state index contributed by atoms with van der Waals surface area (Å²) >= 11 is 0. The molecule has 0 bridgehead atoms. The van der Waals surface area contributed by atoms with Crippen LogP contribution < -0.4 is 5.32 Å². The summed E-state index contributed by atoms with van der Waals surface area (Å²) in [4.78, 5) is 39.8. The predicted octanol–water partition coefficient (Wildman–Crippen LogP) is 1.15. The molecule has 8 heteroatoms. The Morgan fingerprint density at radius 2 is 2.00 bits per heavy atom. The molecule has 2 aliphatic rings. The lowest BCUT2D eigenvalue weighted by atomic mass is 9.96. The molecule has 8 nitrogen and oxygen atoms in total. The van der Waals surface area contributed by atoms with Gasteiger partial charge in [0, 0.05) is 39.3 Å². The first-order valence-electron chi connectivity index (χ1n) is 9.39. The van der Waals surface area contributed by atoms with Gasteiger partial charge in [-0.2, -0.15) is 0 Å². The van der Waals surface area contributed by atoms with Crippen LogP contribution in [0.2, 0.25) is 0 Å². The molecule has 3 atom stereocenters. The van der Waals surface area contributed by atoms with E-state index in [0.29, 0.717) is 38.5 Å². The minimum Gasteiger partial charge on any atom is -0.481 e. The molecule has 2 saturated heterocycles. The van der Waals surface area contributed by atoms with Crippen molar-refractivity contribution < 1.29 is 24.2 Å². The van der Waals surface area contributed by atoms with Crippen LogP contribution in [-0.2, 0) is 14.3 Å². The number of carboxylic acid groups (broad SMARTS) is 1. The number of carbonyl (C=O) groups is 3. The largest absolute Gasteiger partial charge is 0.481 e. The number of carboxylic acids is 1. The van der Waals surface area contributed by atoms with Gasteiger partial charge in [-0.05, 0) is 25.2 Å². The van der Waals surface area contributed by atoms with Crippen molar-refractivity contribution in [3.8, 4) is 0 Å². The number of amides is 3. The van der Waals surface area contributed by atoms with E-state index in [2.05, 4.69) is 5.32 Å². The molecule has 0 spiro atoms. The van der Waals surface area contributed by atoms with Gasteiger partial charge in [0.05, 0.1) is 18.4 Å². The normalized spacial score (nSPS) is 26.2. The van der Waals surface area contributed by atoms with Gasteiger partial charge in [-0.1, -0.05) is 13.8 Å².